The normalized spacial score (nSPS) is 20.8. The minimum Gasteiger partial charge on any atom is -0.393 e. The zero-order valence-electron chi connectivity index (χ0n) is 8.24. The molecule has 4 heteroatoms. The number of nitrogens with two attached hydrogens (primary N) is 1. The van der Waals surface area contributed by atoms with E-state index in [1.807, 2.05) is 4.90 Å². The third-order valence-electron chi connectivity index (χ3n) is 2.29. The highest BCUT2D eigenvalue weighted by atomic mass is 16.3. The Balaban J connectivity index is 2.35. The molecule has 0 aromatic carbocycles. The lowest BCUT2D eigenvalue weighted by Crippen LogP contribution is -2.44. The molecule has 0 unspecified atom stereocenters. The second kappa shape index (κ2) is 5.07. The van der Waals surface area contributed by atoms with Crippen LogP contribution in [0, 0.1) is 0 Å². The average Bonchev–Trinajstić information content (AvgIpc) is 2.15. The fraction of sp³-hybridized carbons (Fsp3) is 0.889. The Morgan fingerprint density at radius 2 is 2.15 bits per heavy atom. The number of piperidine rings is 1. The Morgan fingerprint density at radius 3 is 2.69 bits per heavy atom. The number of aliphatic imine (C=N–C) groups is 1. The second-order valence-electron chi connectivity index (χ2n) is 3.46. The van der Waals surface area contributed by atoms with Crippen LogP contribution in [0.3, 0.4) is 0 Å². The summed E-state index contributed by atoms with van der Waals surface area (Å²) < 4.78 is 0. The van der Waals surface area contributed by atoms with E-state index in [0.29, 0.717) is 5.96 Å². The smallest absolute Gasteiger partial charge is 0.191 e. The quantitative estimate of drug-likeness (QED) is 0.476. The monoisotopic (exact) mass is 185 g/mol. The highest BCUT2D eigenvalue weighted by molar-refractivity contribution is 5.78. The molecule has 0 spiro atoms. The maximum absolute atomic E-state index is 9.28. The fourth-order valence-corrected chi connectivity index (χ4v) is 1.42. The minimum atomic E-state index is -0.143. The summed E-state index contributed by atoms with van der Waals surface area (Å²) in [6, 6.07) is 0. The first-order valence-corrected chi connectivity index (χ1v) is 4.97. The van der Waals surface area contributed by atoms with E-state index < -0.39 is 0 Å². The van der Waals surface area contributed by atoms with E-state index >= 15 is 0 Å². The zero-order valence-corrected chi connectivity index (χ0v) is 8.24. The third kappa shape index (κ3) is 3.22. The van der Waals surface area contributed by atoms with Crippen molar-refractivity contribution in [1.29, 1.82) is 0 Å². The van der Waals surface area contributed by atoms with Gasteiger partial charge < -0.3 is 15.7 Å². The molecule has 0 aromatic rings. The Bertz CT molecular complexity index is 174. The fourth-order valence-electron chi connectivity index (χ4n) is 1.42. The van der Waals surface area contributed by atoms with Crippen LogP contribution < -0.4 is 5.73 Å². The number of aliphatic hydroxyl groups excluding tert-OH is 1. The summed E-state index contributed by atoms with van der Waals surface area (Å²) in [6.45, 7) is 4.54. The van der Waals surface area contributed by atoms with Crippen molar-refractivity contribution in [3.63, 3.8) is 0 Å². The molecule has 1 rings (SSSR count). The molecule has 1 aliphatic heterocycles. The summed E-state index contributed by atoms with van der Waals surface area (Å²) in [5, 5.41) is 9.28. The van der Waals surface area contributed by atoms with E-state index in [0.717, 1.165) is 38.9 Å². The van der Waals surface area contributed by atoms with Gasteiger partial charge in [0.15, 0.2) is 5.96 Å². The largest absolute Gasteiger partial charge is 0.393 e. The van der Waals surface area contributed by atoms with Crippen molar-refractivity contribution in [2.45, 2.75) is 32.3 Å². The molecule has 13 heavy (non-hydrogen) atoms. The van der Waals surface area contributed by atoms with Gasteiger partial charge in [-0.1, -0.05) is 6.92 Å². The van der Waals surface area contributed by atoms with Gasteiger partial charge in [-0.25, -0.2) is 0 Å². The van der Waals surface area contributed by atoms with Gasteiger partial charge in [-0.3, -0.25) is 4.99 Å². The van der Waals surface area contributed by atoms with Crippen molar-refractivity contribution in [2.75, 3.05) is 19.6 Å². The standard InChI is InChI=1S/C9H19N3O/c1-2-5-11-9(10)12-6-3-8(13)4-7-12/h8,13H,2-7H2,1H3,(H2,10,11). The molecule has 0 saturated carbocycles. The van der Waals surface area contributed by atoms with E-state index in [1.165, 1.54) is 0 Å². The van der Waals surface area contributed by atoms with E-state index in [2.05, 4.69) is 11.9 Å². The van der Waals surface area contributed by atoms with Crippen molar-refractivity contribution in [2.24, 2.45) is 10.7 Å². The van der Waals surface area contributed by atoms with Crippen LogP contribution in [0.2, 0.25) is 0 Å². The van der Waals surface area contributed by atoms with Crippen LogP contribution in [0.15, 0.2) is 4.99 Å². The molecule has 0 amide bonds. The summed E-state index contributed by atoms with van der Waals surface area (Å²) in [5.74, 6) is 0.633. The van der Waals surface area contributed by atoms with Gasteiger partial charge >= 0.3 is 0 Å². The lowest BCUT2D eigenvalue weighted by atomic mass is 10.1. The van der Waals surface area contributed by atoms with Crippen LogP contribution in [-0.2, 0) is 0 Å². The lowest BCUT2D eigenvalue weighted by Gasteiger charge is -2.30. The third-order valence-corrected chi connectivity index (χ3v) is 2.29. The van der Waals surface area contributed by atoms with Gasteiger partial charge in [-0.15, -0.1) is 0 Å². The number of hydrogen-bond acceptors (Lipinski definition) is 2. The van der Waals surface area contributed by atoms with Crippen LogP contribution in [0.4, 0.5) is 0 Å². The molecule has 1 aliphatic rings. The van der Waals surface area contributed by atoms with Gasteiger partial charge in [-0.05, 0) is 19.3 Å². The minimum absolute atomic E-state index is 0.143. The number of guanidine groups is 1. The van der Waals surface area contributed by atoms with Crippen LogP contribution in [0.1, 0.15) is 26.2 Å². The Labute approximate surface area is 79.4 Å². The van der Waals surface area contributed by atoms with Crippen LogP contribution in [0.5, 0.6) is 0 Å². The molecule has 0 aliphatic carbocycles. The van der Waals surface area contributed by atoms with Crippen LogP contribution >= 0.6 is 0 Å². The molecular weight excluding hydrogens is 166 g/mol. The molecule has 1 fully saturated rings. The number of rotatable bonds is 2. The summed E-state index contributed by atoms with van der Waals surface area (Å²) in [7, 11) is 0. The van der Waals surface area contributed by atoms with Crippen LogP contribution in [-0.4, -0.2) is 41.7 Å². The van der Waals surface area contributed by atoms with E-state index in [9.17, 15) is 5.11 Å². The summed E-state index contributed by atoms with van der Waals surface area (Å²) in [4.78, 5) is 6.27. The predicted octanol–water partition coefficient (Wildman–Crippen LogP) is 0.168. The molecule has 0 atom stereocenters. The topological polar surface area (TPSA) is 61.8 Å². The lowest BCUT2D eigenvalue weighted by molar-refractivity contribution is 0.108. The Morgan fingerprint density at radius 1 is 1.54 bits per heavy atom. The van der Waals surface area contributed by atoms with E-state index in [1.54, 1.807) is 0 Å². The van der Waals surface area contributed by atoms with Crippen LogP contribution in [0.25, 0.3) is 0 Å². The summed E-state index contributed by atoms with van der Waals surface area (Å²) >= 11 is 0. The Kier molecular flexibility index (Phi) is 4.02. The van der Waals surface area contributed by atoms with E-state index in [4.69, 9.17) is 5.73 Å². The molecule has 1 saturated heterocycles. The highest BCUT2D eigenvalue weighted by Gasteiger charge is 2.17. The first-order chi connectivity index (χ1) is 6.24. The van der Waals surface area contributed by atoms with Gasteiger partial charge in [0.1, 0.15) is 0 Å². The molecule has 1 heterocycles. The summed E-state index contributed by atoms with van der Waals surface area (Å²) in [6.07, 6.45) is 2.50. The number of likely N-dealkylation sites (tertiary alicyclic amines) is 1. The van der Waals surface area contributed by atoms with Gasteiger partial charge in [0.25, 0.3) is 0 Å². The van der Waals surface area contributed by atoms with E-state index in [-0.39, 0.29) is 6.10 Å². The zero-order chi connectivity index (χ0) is 9.68. The maximum Gasteiger partial charge on any atom is 0.191 e. The van der Waals surface area contributed by atoms with Crippen molar-refractivity contribution < 1.29 is 5.11 Å². The molecule has 0 radical (unpaired) electrons. The SMILES string of the molecule is CCCN=C(N)N1CCC(O)CC1. The number of nitrogens with zero attached hydrogens (tertiary/aromatic N) is 2. The average molecular weight is 185 g/mol. The van der Waals surface area contributed by atoms with Crippen molar-refractivity contribution in [3.8, 4) is 0 Å². The number of aliphatic hydroxyl groups is 1. The van der Waals surface area contributed by atoms with Crippen molar-refractivity contribution >= 4 is 5.96 Å². The summed E-state index contributed by atoms with van der Waals surface area (Å²) in [5.41, 5.74) is 5.77. The van der Waals surface area contributed by atoms with Gasteiger partial charge in [-0.2, -0.15) is 0 Å². The first-order valence-electron chi connectivity index (χ1n) is 4.97. The number of hydrogen-bond donors (Lipinski definition) is 2. The van der Waals surface area contributed by atoms with Gasteiger partial charge in [0, 0.05) is 19.6 Å². The molecule has 3 N–H and O–H groups in total. The first kappa shape index (κ1) is 10.3. The molecule has 0 bridgehead atoms. The van der Waals surface area contributed by atoms with Gasteiger partial charge in [0.05, 0.1) is 6.10 Å². The molecule has 4 nitrogen and oxygen atoms in total. The Hall–Kier alpha value is -0.770. The van der Waals surface area contributed by atoms with Crippen molar-refractivity contribution in [1.82, 2.24) is 4.90 Å². The molecule has 0 aromatic heterocycles. The molecular formula is C9H19N3O. The predicted molar refractivity (Wildman–Crippen MR) is 53.6 cm³/mol. The maximum atomic E-state index is 9.28. The highest BCUT2D eigenvalue weighted by Crippen LogP contribution is 2.08. The van der Waals surface area contributed by atoms with Gasteiger partial charge in [0.2, 0.25) is 0 Å². The second-order valence-corrected chi connectivity index (χ2v) is 3.46. The van der Waals surface area contributed by atoms with Crippen molar-refractivity contribution in [3.05, 3.63) is 0 Å². The molecule has 76 valence electrons.